The lowest BCUT2D eigenvalue weighted by molar-refractivity contribution is 0.0528. The van der Waals surface area contributed by atoms with E-state index in [4.69, 9.17) is 26.1 Å². The summed E-state index contributed by atoms with van der Waals surface area (Å²) in [5.74, 6) is 0. The third-order valence-electron chi connectivity index (χ3n) is 6.83. The highest BCUT2D eigenvalue weighted by atomic mass is 35.5. The topological polar surface area (TPSA) is 118 Å². The second-order valence-electron chi connectivity index (χ2n) is 10.8. The average molecular weight is 560 g/mol. The largest absolute Gasteiger partial charge is 0.459 e. The Bertz CT molecular complexity index is 1620. The summed E-state index contributed by atoms with van der Waals surface area (Å²) in [5, 5.41) is 24.3. The molecule has 1 saturated heterocycles. The number of H-pyrrole nitrogens is 1. The summed E-state index contributed by atoms with van der Waals surface area (Å²) in [6.45, 7) is 3.96. The van der Waals surface area contributed by atoms with Gasteiger partial charge in [-0.1, -0.05) is 48.0 Å². The van der Waals surface area contributed by atoms with Gasteiger partial charge in [-0.25, -0.2) is 9.67 Å². The Kier molecular flexibility index (Phi) is 7.06. The first kappa shape index (κ1) is 26.5. The number of halogens is 1. The predicted molar refractivity (Wildman–Crippen MR) is 153 cm³/mol. The van der Waals surface area contributed by atoms with Crippen LogP contribution >= 0.6 is 11.6 Å². The zero-order valence-electron chi connectivity index (χ0n) is 22.2. The number of aliphatic hydroxyl groups excluding tert-OH is 1. The van der Waals surface area contributed by atoms with E-state index in [-0.39, 0.29) is 18.8 Å². The Morgan fingerprint density at radius 3 is 2.45 bits per heavy atom. The van der Waals surface area contributed by atoms with Crippen molar-refractivity contribution in [1.82, 2.24) is 24.7 Å². The Morgan fingerprint density at radius 2 is 1.77 bits per heavy atom. The maximum absolute atomic E-state index is 10.1. The third-order valence-corrected chi connectivity index (χ3v) is 7.11. The van der Waals surface area contributed by atoms with Gasteiger partial charge in [-0.2, -0.15) is 10.1 Å². The summed E-state index contributed by atoms with van der Waals surface area (Å²) in [6.07, 6.45) is 4.50. The number of ether oxygens (including phenoxy) is 2. The van der Waals surface area contributed by atoms with Crippen molar-refractivity contribution in [2.24, 2.45) is 0 Å². The minimum Gasteiger partial charge on any atom is -0.459 e. The number of imidazole rings is 1. The number of hydrogen-bond donors (Lipinski definition) is 3. The fraction of sp³-hybridized carbons (Fsp3) is 0.300. The van der Waals surface area contributed by atoms with Gasteiger partial charge in [0, 0.05) is 24.6 Å². The van der Waals surface area contributed by atoms with Gasteiger partial charge in [0.1, 0.15) is 6.10 Å². The van der Waals surface area contributed by atoms with Gasteiger partial charge in [0.2, 0.25) is 0 Å². The van der Waals surface area contributed by atoms with E-state index in [0.717, 1.165) is 27.9 Å². The molecule has 0 aliphatic carbocycles. The van der Waals surface area contributed by atoms with Gasteiger partial charge in [0.25, 0.3) is 6.01 Å². The molecule has 0 unspecified atom stereocenters. The fourth-order valence-corrected chi connectivity index (χ4v) is 5.17. The van der Waals surface area contributed by atoms with Crippen molar-refractivity contribution < 1.29 is 19.7 Å². The van der Waals surface area contributed by atoms with Crippen LogP contribution in [0.5, 0.6) is 6.01 Å². The molecule has 3 aromatic heterocycles. The molecule has 0 bridgehead atoms. The van der Waals surface area contributed by atoms with Gasteiger partial charge in [-0.15, -0.1) is 0 Å². The number of nitrogens with zero attached hydrogens (tertiary/aromatic N) is 4. The minimum absolute atomic E-state index is 0.0263. The average Bonchev–Trinajstić information content (AvgIpc) is 3.67. The Hall–Kier alpha value is -3.76. The SMILES string of the molecule is CC(C)(O)Cc1cnn(-c2ccc(-c3ccc(-c4nc5nc(O[C@@H]6CO[C@H](CO)C6)[nH]c5cc4Cl)cc3)cc2)c1. The smallest absolute Gasteiger partial charge is 0.296 e. The maximum atomic E-state index is 10.1. The van der Waals surface area contributed by atoms with E-state index in [2.05, 4.69) is 27.2 Å². The van der Waals surface area contributed by atoms with Crippen molar-refractivity contribution in [3.63, 3.8) is 0 Å². The molecule has 5 aromatic rings. The van der Waals surface area contributed by atoms with E-state index in [1.165, 1.54) is 0 Å². The van der Waals surface area contributed by atoms with Crippen LogP contribution in [-0.4, -0.2) is 66.0 Å². The monoisotopic (exact) mass is 559 g/mol. The number of fused-ring (bicyclic) bond motifs is 1. The van der Waals surface area contributed by atoms with Crippen LogP contribution in [-0.2, 0) is 11.2 Å². The first-order chi connectivity index (χ1) is 19.2. The lowest BCUT2D eigenvalue weighted by Crippen LogP contribution is -2.21. The third kappa shape index (κ3) is 5.73. The van der Waals surface area contributed by atoms with Crippen molar-refractivity contribution in [3.05, 3.63) is 77.6 Å². The van der Waals surface area contributed by atoms with Crippen molar-refractivity contribution in [2.45, 2.75) is 44.5 Å². The van der Waals surface area contributed by atoms with Crippen LogP contribution in [0.1, 0.15) is 25.8 Å². The van der Waals surface area contributed by atoms with Crippen LogP contribution in [0.4, 0.5) is 0 Å². The molecule has 2 atom stereocenters. The zero-order chi connectivity index (χ0) is 27.9. The van der Waals surface area contributed by atoms with Crippen molar-refractivity contribution >= 4 is 22.8 Å². The van der Waals surface area contributed by atoms with Crippen molar-refractivity contribution in [2.75, 3.05) is 13.2 Å². The van der Waals surface area contributed by atoms with Gasteiger partial charge < -0.3 is 24.7 Å². The molecule has 1 aliphatic rings. The van der Waals surface area contributed by atoms with E-state index >= 15 is 0 Å². The zero-order valence-corrected chi connectivity index (χ0v) is 23.0. The Labute approximate surface area is 236 Å². The standard InChI is InChI=1S/C30H30ClN5O4/c1-30(2,38)13-18-14-32-36(15-18)22-9-7-20(8-10-22)19-3-5-21(6-4-19)27-25(31)12-26-28(34-27)35-29(33-26)40-24-11-23(16-37)39-17-24/h3-10,12,14-15,23-24,37-38H,11,13,16-17H2,1-2H3,(H,33,34,35)/t23-,24-/m0/s1. The van der Waals surface area contributed by atoms with Crippen LogP contribution in [0.2, 0.25) is 5.02 Å². The van der Waals surface area contributed by atoms with Gasteiger partial charge in [0.05, 0.1) is 53.0 Å². The van der Waals surface area contributed by atoms with E-state index < -0.39 is 5.60 Å². The normalized spacial score (nSPS) is 17.5. The number of aromatic amines is 1. The molecule has 1 aliphatic heterocycles. The highest BCUT2D eigenvalue weighted by molar-refractivity contribution is 6.33. The van der Waals surface area contributed by atoms with Crippen molar-refractivity contribution in [1.29, 1.82) is 0 Å². The summed E-state index contributed by atoms with van der Waals surface area (Å²) in [4.78, 5) is 12.3. The van der Waals surface area contributed by atoms with Crippen LogP contribution in [0.25, 0.3) is 39.2 Å². The summed E-state index contributed by atoms with van der Waals surface area (Å²) in [6, 6.07) is 18.4. The van der Waals surface area contributed by atoms with E-state index in [0.29, 0.717) is 47.3 Å². The summed E-state index contributed by atoms with van der Waals surface area (Å²) in [5.41, 5.74) is 5.99. The molecule has 0 amide bonds. The van der Waals surface area contributed by atoms with Crippen LogP contribution < -0.4 is 4.74 Å². The highest BCUT2D eigenvalue weighted by Gasteiger charge is 2.27. The summed E-state index contributed by atoms with van der Waals surface area (Å²) < 4.78 is 13.2. The quantitative estimate of drug-likeness (QED) is 0.245. The second-order valence-corrected chi connectivity index (χ2v) is 11.2. The van der Waals surface area contributed by atoms with E-state index in [1.54, 1.807) is 26.1 Å². The molecule has 9 nitrogen and oxygen atoms in total. The van der Waals surface area contributed by atoms with Crippen LogP contribution in [0, 0.1) is 0 Å². The van der Waals surface area contributed by atoms with E-state index in [9.17, 15) is 10.2 Å². The molecule has 2 aromatic carbocycles. The van der Waals surface area contributed by atoms with Crippen LogP contribution in [0.3, 0.4) is 0 Å². The fourth-order valence-electron chi connectivity index (χ4n) is 4.91. The first-order valence-corrected chi connectivity index (χ1v) is 13.5. The first-order valence-electron chi connectivity index (χ1n) is 13.2. The molecular formula is C30H30ClN5O4. The van der Waals surface area contributed by atoms with Crippen LogP contribution in [0.15, 0.2) is 67.0 Å². The molecule has 40 heavy (non-hydrogen) atoms. The number of hydrogen-bond acceptors (Lipinski definition) is 7. The molecule has 206 valence electrons. The molecule has 0 radical (unpaired) electrons. The molecule has 3 N–H and O–H groups in total. The minimum atomic E-state index is -0.777. The Balaban J connectivity index is 1.17. The van der Waals surface area contributed by atoms with Gasteiger partial charge in [-0.3, -0.25) is 0 Å². The maximum Gasteiger partial charge on any atom is 0.296 e. The second kappa shape index (κ2) is 10.7. The lowest BCUT2D eigenvalue weighted by Gasteiger charge is -2.14. The predicted octanol–water partition coefficient (Wildman–Crippen LogP) is 4.97. The Morgan fingerprint density at radius 1 is 1.07 bits per heavy atom. The number of nitrogens with one attached hydrogen (secondary N) is 1. The molecule has 0 saturated carbocycles. The molecule has 10 heteroatoms. The number of benzene rings is 2. The van der Waals surface area contributed by atoms with E-state index in [1.807, 2.05) is 47.3 Å². The van der Waals surface area contributed by atoms with Gasteiger partial charge in [0.15, 0.2) is 5.65 Å². The number of pyridine rings is 1. The van der Waals surface area contributed by atoms with Gasteiger partial charge >= 0.3 is 0 Å². The molecule has 6 rings (SSSR count). The molecule has 0 spiro atoms. The summed E-state index contributed by atoms with van der Waals surface area (Å²) in [7, 11) is 0. The number of aromatic nitrogens is 5. The van der Waals surface area contributed by atoms with Crippen molar-refractivity contribution in [3.8, 4) is 34.1 Å². The lowest BCUT2D eigenvalue weighted by atomic mass is 10.0. The van der Waals surface area contributed by atoms with Gasteiger partial charge in [-0.05, 0) is 48.7 Å². The molecular weight excluding hydrogens is 530 g/mol. The molecule has 4 heterocycles. The molecule has 1 fully saturated rings. The summed E-state index contributed by atoms with van der Waals surface area (Å²) >= 11 is 6.60. The number of aliphatic hydroxyl groups is 2. The highest BCUT2D eigenvalue weighted by Crippen LogP contribution is 2.32. The number of rotatable bonds is 8.